The molecule has 1 atom stereocenters. The van der Waals surface area contributed by atoms with Crippen LogP contribution in [0.2, 0.25) is 0 Å². The van der Waals surface area contributed by atoms with Crippen molar-refractivity contribution in [1.29, 1.82) is 0 Å². The number of fused-ring (bicyclic) bond motifs is 1. The Morgan fingerprint density at radius 3 is 2.75 bits per heavy atom. The average molecular weight is 503 g/mol. The van der Waals surface area contributed by atoms with Crippen LogP contribution in [0.3, 0.4) is 0 Å². The van der Waals surface area contributed by atoms with Gasteiger partial charge in [-0.05, 0) is 49.6 Å². The van der Waals surface area contributed by atoms with Gasteiger partial charge in [0.2, 0.25) is 0 Å². The van der Waals surface area contributed by atoms with Crippen molar-refractivity contribution in [1.82, 2.24) is 14.4 Å². The van der Waals surface area contributed by atoms with E-state index >= 15 is 0 Å². The summed E-state index contributed by atoms with van der Waals surface area (Å²) in [6.45, 7) is 6.40. The molecule has 184 valence electrons. The minimum Gasteiger partial charge on any atom is -0.505 e. The maximum Gasteiger partial charge on any atom is 0.301 e. The standard InChI is InChI=1S/C27H26N4O4S/c1-4-5-13-35-19-10-6-9-18(15-19)22-20(24(33)26(34)31(22)27-28-11-14-36-27)23(32)21-17(3)30-12-7-8-16(2)25(30)29-21/h6-12,14-15,22,32H,4-5,13H2,1-3H3. The third-order valence-electron chi connectivity index (χ3n) is 6.32. The van der Waals surface area contributed by atoms with Crippen LogP contribution in [-0.4, -0.2) is 37.8 Å². The number of pyridine rings is 1. The molecule has 0 saturated carbocycles. The monoisotopic (exact) mass is 502 g/mol. The fraction of sp³-hybridized carbons (Fsp3) is 0.259. The predicted octanol–water partition coefficient (Wildman–Crippen LogP) is 5.21. The maximum absolute atomic E-state index is 13.4. The number of hydrogen-bond acceptors (Lipinski definition) is 7. The zero-order valence-electron chi connectivity index (χ0n) is 20.3. The van der Waals surface area contributed by atoms with E-state index in [1.807, 2.05) is 54.8 Å². The largest absolute Gasteiger partial charge is 0.505 e. The summed E-state index contributed by atoms with van der Waals surface area (Å²) in [5, 5.41) is 13.6. The van der Waals surface area contributed by atoms with Gasteiger partial charge in [-0.15, -0.1) is 11.3 Å². The molecular weight excluding hydrogens is 476 g/mol. The van der Waals surface area contributed by atoms with E-state index in [-0.39, 0.29) is 17.0 Å². The highest BCUT2D eigenvalue weighted by Crippen LogP contribution is 2.43. The highest BCUT2D eigenvalue weighted by molar-refractivity contribution is 7.14. The molecule has 1 aliphatic rings. The summed E-state index contributed by atoms with van der Waals surface area (Å²) >= 11 is 1.25. The van der Waals surface area contributed by atoms with Crippen LogP contribution in [-0.2, 0) is 9.59 Å². The van der Waals surface area contributed by atoms with Gasteiger partial charge in [0.1, 0.15) is 17.1 Å². The predicted molar refractivity (Wildman–Crippen MR) is 138 cm³/mol. The van der Waals surface area contributed by atoms with Gasteiger partial charge in [0.05, 0.1) is 23.9 Å². The second-order valence-electron chi connectivity index (χ2n) is 8.69. The Kier molecular flexibility index (Phi) is 6.32. The van der Waals surface area contributed by atoms with Gasteiger partial charge in [-0.3, -0.25) is 14.5 Å². The third kappa shape index (κ3) is 3.95. The number of unbranched alkanes of at least 4 members (excludes halogenated alkanes) is 1. The lowest BCUT2D eigenvalue weighted by molar-refractivity contribution is -0.132. The minimum atomic E-state index is -0.879. The van der Waals surface area contributed by atoms with E-state index in [2.05, 4.69) is 16.9 Å². The summed E-state index contributed by atoms with van der Waals surface area (Å²) < 4.78 is 7.74. The summed E-state index contributed by atoms with van der Waals surface area (Å²) in [6, 6.07) is 10.2. The Hall–Kier alpha value is -3.98. The highest BCUT2D eigenvalue weighted by Gasteiger charge is 2.48. The topological polar surface area (TPSA) is 97.0 Å². The second-order valence-corrected chi connectivity index (χ2v) is 9.56. The lowest BCUT2D eigenvalue weighted by Gasteiger charge is -2.23. The zero-order chi connectivity index (χ0) is 25.4. The van der Waals surface area contributed by atoms with Gasteiger partial charge < -0.3 is 14.2 Å². The number of Topliss-reactive ketones (excluding diaryl/α,β-unsaturated/α-hetero) is 1. The van der Waals surface area contributed by atoms with Crippen molar-refractivity contribution < 1.29 is 19.4 Å². The average Bonchev–Trinajstić information content (AvgIpc) is 3.58. The van der Waals surface area contributed by atoms with Crippen molar-refractivity contribution >= 4 is 39.6 Å². The SMILES string of the molecule is CCCCOc1cccc(C2C(=C(O)c3nc4c(C)cccn4c3C)C(=O)C(=O)N2c2nccs2)c1. The number of carbonyl (C=O) groups is 2. The molecule has 36 heavy (non-hydrogen) atoms. The van der Waals surface area contributed by atoms with E-state index in [1.54, 1.807) is 17.6 Å². The summed E-state index contributed by atoms with van der Waals surface area (Å²) in [6.07, 6.45) is 5.34. The summed E-state index contributed by atoms with van der Waals surface area (Å²) in [5.74, 6) is -1.20. The van der Waals surface area contributed by atoms with Crippen molar-refractivity contribution in [3.63, 3.8) is 0 Å². The number of ether oxygens (including phenoxy) is 1. The minimum absolute atomic E-state index is 0.0231. The molecule has 1 N–H and O–H groups in total. The number of thiazole rings is 1. The molecular formula is C27H26N4O4S. The Morgan fingerprint density at radius 2 is 2.03 bits per heavy atom. The number of rotatable bonds is 7. The second kappa shape index (κ2) is 9.58. The molecule has 4 heterocycles. The molecule has 1 aliphatic heterocycles. The summed E-state index contributed by atoms with van der Waals surface area (Å²) in [5.41, 5.74) is 3.15. The van der Waals surface area contributed by atoms with Crippen LogP contribution < -0.4 is 9.64 Å². The summed E-state index contributed by atoms with van der Waals surface area (Å²) in [7, 11) is 0. The number of nitrogens with zero attached hydrogens (tertiary/aromatic N) is 4. The van der Waals surface area contributed by atoms with Crippen molar-refractivity contribution in [3.05, 3.63) is 82.3 Å². The highest BCUT2D eigenvalue weighted by atomic mass is 32.1. The Balaban J connectivity index is 1.69. The Bertz CT molecular complexity index is 1490. The first-order valence-corrected chi connectivity index (χ1v) is 12.7. The molecule has 1 unspecified atom stereocenters. The zero-order valence-corrected chi connectivity index (χ0v) is 21.1. The van der Waals surface area contributed by atoms with E-state index in [9.17, 15) is 14.7 Å². The third-order valence-corrected chi connectivity index (χ3v) is 7.09. The van der Waals surface area contributed by atoms with Crippen LogP contribution in [0, 0.1) is 13.8 Å². The van der Waals surface area contributed by atoms with Crippen LogP contribution in [0.5, 0.6) is 5.75 Å². The normalized spacial score (nSPS) is 17.3. The number of carbonyl (C=O) groups excluding carboxylic acids is 2. The number of amides is 1. The molecule has 0 bridgehead atoms. The van der Waals surface area contributed by atoms with Crippen LogP contribution >= 0.6 is 11.3 Å². The molecule has 3 aromatic heterocycles. The van der Waals surface area contributed by atoms with E-state index in [4.69, 9.17) is 4.74 Å². The maximum atomic E-state index is 13.4. The molecule has 1 saturated heterocycles. The molecule has 9 heteroatoms. The number of anilines is 1. The number of aliphatic hydroxyl groups excluding tert-OH is 1. The van der Waals surface area contributed by atoms with Gasteiger partial charge in [0.15, 0.2) is 10.9 Å². The van der Waals surface area contributed by atoms with E-state index < -0.39 is 17.7 Å². The first-order valence-electron chi connectivity index (χ1n) is 11.8. The van der Waals surface area contributed by atoms with Crippen molar-refractivity contribution in [2.24, 2.45) is 0 Å². The van der Waals surface area contributed by atoms with Crippen LogP contribution in [0.15, 0.2) is 59.7 Å². The number of benzene rings is 1. The number of hydrogen-bond donors (Lipinski definition) is 1. The quantitative estimate of drug-likeness (QED) is 0.161. The van der Waals surface area contributed by atoms with E-state index in [0.29, 0.717) is 34.4 Å². The first-order chi connectivity index (χ1) is 17.4. The van der Waals surface area contributed by atoms with Crippen LogP contribution in [0.25, 0.3) is 11.4 Å². The molecule has 5 rings (SSSR count). The lowest BCUT2D eigenvalue weighted by atomic mass is 9.96. The fourth-order valence-electron chi connectivity index (χ4n) is 4.46. The number of ketones is 1. The van der Waals surface area contributed by atoms with Gasteiger partial charge in [0.25, 0.3) is 5.78 Å². The molecule has 8 nitrogen and oxygen atoms in total. The molecule has 4 aromatic rings. The molecule has 1 aromatic carbocycles. The van der Waals surface area contributed by atoms with Gasteiger partial charge in [0, 0.05) is 17.8 Å². The lowest BCUT2D eigenvalue weighted by Crippen LogP contribution is -2.29. The molecule has 0 aliphatic carbocycles. The van der Waals surface area contributed by atoms with Crippen molar-refractivity contribution in [2.45, 2.75) is 39.7 Å². The first kappa shape index (κ1) is 23.7. The van der Waals surface area contributed by atoms with Crippen LogP contribution in [0.1, 0.15) is 48.3 Å². The molecule has 1 fully saturated rings. The summed E-state index contributed by atoms with van der Waals surface area (Å²) in [4.78, 5) is 37.0. The van der Waals surface area contributed by atoms with Crippen molar-refractivity contribution in [2.75, 3.05) is 11.5 Å². The number of aliphatic hydroxyl groups is 1. The number of aromatic nitrogens is 3. The fourth-order valence-corrected chi connectivity index (χ4v) is 5.13. The van der Waals surface area contributed by atoms with Gasteiger partial charge in [-0.25, -0.2) is 9.97 Å². The van der Waals surface area contributed by atoms with Crippen molar-refractivity contribution in [3.8, 4) is 5.75 Å². The van der Waals surface area contributed by atoms with Gasteiger partial charge in [-0.2, -0.15) is 0 Å². The van der Waals surface area contributed by atoms with Gasteiger partial charge in [-0.1, -0.05) is 31.5 Å². The Morgan fingerprint density at radius 1 is 1.19 bits per heavy atom. The number of aryl methyl sites for hydroxylation is 2. The Labute approximate surface area is 212 Å². The van der Waals surface area contributed by atoms with E-state index in [1.165, 1.54) is 16.2 Å². The van der Waals surface area contributed by atoms with Gasteiger partial charge >= 0.3 is 5.91 Å². The van der Waals surface area contributed by atoms with E-state index in [0.717, 1.165) is 18.4 Å². The number of imidazole rings is 1. The molecule has 1 amide bonds. The van der Waals surface area contributed by atoms with Crippen LogP contribution in [0.4, 0.5) is 5.13 Å². The smallest absolute Gasteiger partial charge is 0.301 e. The molecule has 0 spiro atoms. The molecule has 0 radical (unpaired) electrons.